The third kappa shape index (κ3) is 6.03. The van der Waals surface area contributed by atoms with Gasteiger partial charge in [-0.05, 0) is 11.6 Å². The van der Waals surface area contributed by atoms with Crippen LogP contribution >= 0.6 is 0 Å². The monoisotopic (exact) mass is 247 g/mol. The molecule has 1 atom stereocenters. The molecule has 0 bridgehead atoms. The molecule has 0 radical (unpaired) electrons. The molecule has 7 heteroatoms. The summed E-state index contributed by atoms with van der Waals surface area (Å²) < 4.78 is 34.8. The number of aromatic nitrogens is 1. The Kier molecular flexibility index (Phi) is 6.96. The molecule has 1 unspecified atom stereocenters. The van der Waals surface area contributed by atoms with Gasteiger partial charge in [-0.25, -0.2) is 8.78 Å². The van der Waals surface area contributed by atoms with Crippen LogP contribution < -0.4 is 5.73 Å². The number of hydrogen-bond donors (Lipinski definition) is 1. The summed E-state index contributed by atoms with van der Waals surface area (Å²) in [5, 5.41) is 7.10. The maximum absolute atomic E-state index is 12.0. The third-order valence-corrected chi connectivity index (χ3v) is 2.18. The standard InChI is InChI=1S/C8H9F2NOS.CH2N2/c1-13(12)5-6-2-3-7(8(9)10)11-4-6;2-1-3/h2-4,8H,5H2,1H3;2H2. The van der Waals surface area contributed by atoms with Crippen LogP contribution in [0.4, 0.5) is 8.78 Å². The highest BCUT2D eigenvalue weighted by Crippen LogP contribution is 2.15. The largest absolute Gasteiger partial charge is 0.337 e. The maximum Gasteiger partial charge on any atom is 0.280 e. The van der Waals surface area contributed by atoms with Crippen LogP contribution in [0, 0.1) is 11.5 Å². The van der Waals surface area contributed by atoms with Gasteiger partial charge in [0.1, 0.15) is 5.69 Å². The minimum absolute atomic E-state index is 0.245. The van der Waals surface area contributed by atoms with Gasteiger partial charge in [-0.2, -0.15) is 5.26 Å². The Labute approximate surface area is 94.6 Å². The van der Waals surface area contributed by atoms with Gasteiger partial charge < -0.3 is 5.73 Å². The Balaban J connectivity index is 0.000000673. The molecule has 0 amide bonds. The molecule has 0 aliphatic rings. The average Bonchev–Trinajstić information content (AvgIpc) is 2.18. The Hall–Kier alpha value is -1.55. The second-order valence-corrected chi connectivity index (χ2v) is 4.17. The molecule has 0 fully saturated rings. The van der Waals surface area contributed by atoms with E-state index in [-0.39, 0.29) is 5.69 Å². The molecule has 2 N–H and O–H groups in total. The molecule has 0 aliphatic heterocycles. The van der Waals surface area contributed by atoms with Crippen molar-refractivity contribution in [2.24, 2.45) is 5.73 Å². The van der Waals surface area contributed by atoms with Crippen molar-refractivity contribution in [2.45, 2.75) is 12.2 Å². The van der Waals surface area contributed by atoms with Crippen LogP contribution in [-0.4, -0.2) is 15.4 Å². The molecule has 16 heavy (non-hydrogen) atoms. The lowest BCUT2D eigenvalue weighted by atomic mass is 10.3. The minimum atomic E-state index is -2.54. The predicted molar refractivity (Wildman–Crippen MR) is 56.8 cm³/mol. The van der Waals surface area contributed by atoms with Crippen LogP contribution in [0.1, 0.15) is 17.7 Å². The fraction of sp³-hybridized carbons (Fsp3) is 0.333. The first-order valence-corrected chi connectivity index (χ1v) is 5.86. The average molecular weight is 247 g/mol. The lowest BCUT2D eigenvalue weighted by molar-refractivity contribution is 0.146. The molecular formula is C9H11F2N3OS. The van der Waals surface area contributed by atoms with Crippen molar-refractivity contribution < 1.29 is 13.0 Å². The quantitative estimate of drug-likeness (QED) is 0.645. The van der Waals surface area contributed by atoms with E-state index in [4.69, 9.17) is 5.26 Å². The maximum atomic E-state index is 12.0. The smallest absolute Gasteiger partial charge is 0.280 e. The highest BCUT2D eigenvalue weighted by Gasteiger charge is 2.07. The molecule has 1 rings (SSSR count). The summed E-state index contributed by atoms with van der Waals surface area (Å²) in [6.45, 7) is 0. The Morgan fingerprint density at radius 2 is 2.19 bits per heavy atom. The van der Waals surface area contributed by atoms with E-state index in [9.17, 15) is 13.0 Å². The molecule has 1 aromatic heterocycles. The summed E-state index contributed by atoms with van der Waals surface area (Å²) in [5.74, 6) is 0.358. The Bertz CT molecular complexity index is 375. The third-order valence-electron chi connectivity index (χ3n) is 1.44. The summed E-state index contributed by atoms with van der Waals surface area (Å²) in [4.78, 5) is 3.55. The van der Waals surface area contributed by atoms with Crippen LogP contribution in [0.5, 0.6) is 0 Å². The van der Waals surface area contributed by atoms with Gasteiger partial charge in [0.05, 0.1) is 0 Å². The van der Waals surface area contributed by atoms with Crippen molar-refractivity contribution >= 4 is 10.8 Å². The van der Waals surface area contributed by atoms with Gasteiger partial charge >= 0.3 is 0 Å². The second kappa shape index (κ2) is 7.70. The van der Waals surface area contributed by atoms with E-state index in [2.05, 4.69) is 10.7 Å². The van der Waals surface area contributed by atoms with Crippen molar-refractivity contribution in [3.8, 4) is 6.19 Å². The summed E-state index contributed by atoms with van der Waals surface area (Å²) in [6.07, 6.45) is 1.60. The zero-order valence-corrected chi connectivity index (χ0v) is 9.38. The summed E-state index contributed by atoms with van der Waals surface area (Å²) in [6, 6.07) is 2.78. The number of alkyl halides is 2. The molecule has 1 aromatic rings. The van der Waals surface area contributed by atoms with E-state index in [1.54, 1.807) is 6.26 Å². The molecule has 0 saturated heterocycles. The van der Waals surface area contributed by atoms with Gasteiger partial charge in [0.15, 0.2) is 6.19 Å². The van der Waals surface area contributed by atoms with Gasteiger partial charge in [-0.15, -0.1) is 0 Å². The van der Waals surface area contributed by atoms with E-state index in [0.29, 0.717) is 11.3 Å². The summed E-state index contributed by atoms with van der Waals surface area (Å²) >= 11 is 0. The molecule has 0 aromatic carbocycles. The first-order valence-electron chi connectivity index (χ1n) is 4.14. The highest BCUT2D eigenvalue weighted by molar-refractivity contribution is 7.83. The number of halogens is 2. The van der Waals surface area contributed by atoms with Crippen LogP contribution in [0.15, 0.2) is 18.3 Å². The van der Waals surface area contributed by atoms with Gasteiger partial charge in [0.2, 0.25) is 0 Å². The molecule has 88 valence electrons. The van der Waals surface area contributed by atoms with Crippen molar-refractivity contribution in [3.05, 3.63) is 29.6 Å². The van der Waals surface area contributed by atoms with Crippen molar-refractivity contribution in [1.29, 1.82) is 5.26 Å². The predicted octanol–water partition coefficient (Wildman–Crippen LogP) is 1.32. The van der Waals surface area contributed by atoms with Gasteiger partial charge in [-0.1, -0.05) is 6.07 Å². The van der Waals surface area contributed by atoms with E-state index < -0.39 is 17.2 Å². The molecular weight excluding hydrogens is 236 g/mol. The molecule has 0 spiro atoms. The lowest BCUT2D eigenvalue weighted by Crippen LogP contribution is -1.95. The number of nitrogens with zero attached hydrogens (tertiary/aromatic N) is 2. The SMILES string of the molecule is CS(=O)Cc1ccc(C(F)F)nc1.N#CN. The fourth-order valence-electron chi connectivity index (χ4n) is 0.885. The number of rotatable bonds is 3. The van der Waals surface area contributed by atoms with Gasteiger partial charge in [0, 0.05) is 29.0 Å². The summed E-state index contributed by atoms with van der Waals surface area (Å²) in [5.41, 5.74) is 4.62. The van der Waals surface area contributed by atoms with Crippen molar-refractivity contribution in [2.75, 3.05) is 6.26 Å². The van der Waals surface area contributed by atoms with Crippen LogP contribution in [0.3, 0.4) is 0 Å². The summed E-state index contributed by atoms with van der Waals surface area (Å²) in [7, 11) is -0.961. The van der Waals surface area contributed by atoms with Crippen LogP contribution in [-0.2, 0) is 16.6 Å². The van der Waals surface area contributed by atoms with Gasteiger partial charge in [-0.3, -0.25) is 9.19 Å². The highest BCUT2D eigenvalue weighted by atomic mass is 32.2. The Morgan fingerprint density at radius 3 is 2.50 bits per heavy atom. The van der Waals surface area contributed by atoms with Crippen molar-refractivity contribution in [1.82, 2.24) is 4.98 Å². The fourth-order valence-corrected chi connectivity index (χ4v) is 1.53. The van der Waals surface area contributed by atoms with Crippen LogP contribution in [0.2, 0.25) is 0 Å². The number of pyridine rings is 1. The normalized spacial score (nSPS) is 11.2. The zero-order chi connectivity index (χ0) is 12.6. The first kappa shape index (κ1) is 14.5. The zero-order valence-electron chi connectivity index (χ0n) is 8.56. The molecule has 0 aliphatic carbocycles. The number of hydrogen-bond acceptors (Lipinski definition) is 4. The second-order valence-electron chi connectivity index (χ2n) is 2.74. The van der Waals surface area contributed by atoms with E-state index >= 15 is 0 Å². The van der Waals surface area contributed by atoms with E-state index in [1.807, 2.05) is 0 Å². The van der Waals surface area contributed by atoms with E-state index in [0.717, 1.165) is 0 Å². The first-order chi connectivity index (χ1) is 7.51. The number of nitriles is 1. The molecule has 0 saturated carbocycles. The lowest BCUT2D eigenvalue weighted by Gasteiger charge is -2.00. The molecule has 1 heterocycles. The topological polar surface area (TPSA) is 79.8 Å². The number of nitrogens with two attached hydrogens (primary N) is 1. The van der Waals surface area contributed by atoms with Crippen LogP contribution in [0.25, 0.3) is 0 Å². The minimum Gasteiger partial charge on any atom is -0.337 e. The van der Waals surface area contributed by atoms with E-state index in [1.165, 1.54) is 24.5 Å². The Morgan fingerprint density at radius 1 is 1.62 bits per heavy atom. The van der Waals surface area contributed by atoms with Crippen molar-refractivity contribution in [3.63, 3.8) is 0 Å². The van der Waals surface area contributed by atoms with Gasteiger partial charge in [0.25, 0.3) is 6.43 Å². The molecule has 4 nitrogen and oxygen atoms in total.